The van der Waals surface area contributed by atoms with E-state index in [1.807, 2.05) is 0 Å². The minimum absolute atomic E-state index is 0.0308. The fourth-order valence-corrected chi connectivity index (χ4v) is 2.14. The molecule has 0 aliphatic carbocycles. The molecule has 17 heavy (non-hydrogen) atoms. The lowest BCUT2D eigenvalue weighted by Crippen LogP contribution is -2.24. The first-order chi connectivity index (χ1) is 8.08. The minimum Gasteiger partial charge on any atom is -0.335 e. The monoisotopic (exact) mass is 253 g/mol. The zero-order valence-corrected chi connectivity index (χ0v) is 9.90. The summed E-state index contributed by atoms with van der Waals surface area (Å²) in [6.45, 7) is 1.86. The number of sulfonamides is 1. The van der Waals surface area contributed by atoms with Crippen LogP contribution in [0.15, 0.2) is 29.8 Å². The summed E-state index contributed by atoms with van der Waals surface area (Å²) in [6, 6.07) is 1.66. The predicted molar refractivity (Wildman–Crippen MR) is 59.4 cm³/mol. The van der Waals surface area contributed by atoms with Gasteiger partial charge in [0.05, 0.1) is 24.8 Å². The van der Waals surface area contributed by atoms with E-state index in [-0.39, 0.29) is 11.6 Å². The van der Waals surface area contributed by atoms with Gasteiger partial charge < -0.3 is 4.98 Å². The van der Waals surface area contributed by atoms with Crippen LogP contribution in [0.2, 0.25) is 0 Å². The Balaban J connectivity index is 2.08. The van der Waals surface area contributed by atoms with Gasteiger partial charge in [-0.25, -0.2) is 28.1 Å². The molecule has 2 aromatic heterocycles. The van der Waals surface area contributed by atoms with Gasteiger partial charge in [0.25, 0.3) is 10.0 Å². The maximum Gasteiger partial charge on any atom is 0.257 e. The molecule has 0 spiro atoms. The average Bonchev–Trinajstić information content (AvgIpc) is 2.81. The van der Waals surface area contributed by atoms with Gasteiger partial charge in [-0.2, -0.15) is 0 Å². The highest BCUT2D eigenvalue weighted by atomic mass is 32.2. The Labute approximate surface area is 98.4 Å². The lowest BCUT2D eigenvalue weighted by atomic mass is 10.4. The van der Waals surface area contributed by atoms with Crippen LogP contribution in [0, 0.1) is 6.92 Å². The molecule has 0 bridgehead atoms. The molecule has 2 aromatic rings. The molecule has 8 heteroatoms. The Hall–Kier alpha value is -1.80. The van der Waals surface area contributed by atoms with E-state index >= 15 is 0 Å². The number of aromatic nitrogens is 4. The third-order valence-corrected chi connectivity index (χ3v) is 3.37. The van der Waals surface area contributed by atoms with Crippen LogP contribution >= 0.6 is 0 Å². The highest BCUT2D eigenvalue weighted by Gasteiger charge is 2.14. The quantitative estimate of drug-likeness (QED) is 0.798. The Morgan fingerprint density at radius 2 is 2.29 bits per heavy atom. The highest BCUT2D eigenvalue weighted by molar-refractivity contribution is 7.89. The number of imidazole rings is 1. The number of aryl methyl sites for hydroxylation is 1. The van der Waals surface area contributed by atoms with E-state index in [4.69, 9.17) is 0 Å². The van der Waals surface area contributed by atoms with Gasteiger partial charge in [0, 0.05) is 6.20 Å². The van der Waals surface area contributed by atoms with Crippen LogP contribution in [0.5, 0.6) is 0 Å². The molecule has 0 saturated heterocycles. The summed E-state index contributed by atoms with van der Waals surface area (Å²) in [5, 5.41) is 0.0308. The molecule has 0 saturated carbocycles. The van der Waals surface area contributed by atoms with Gasteiger partial charge in [-0.05, 0) is 13.0 Å². The number of hydrogen-bond acceptors (Lipinski definition) is 5. The minimum atomic E-state index is -3.56. The summed E-state index contributed by atoms with van der Waals surface area (Å²) >= 11 is 0. The molecule has 0 aromatic carbocycles. The zero-order valence-electron chi connectivity index (χ0n) is 9.08. The van der Waals surface area contributed by atoms with E-state index in [0.29, 0.717) is 11.5 Å². The average molecular weight is 253 g/mol. The first kappa shape index (κ1) is 11.7. The third kappa shape index (κ3) is 2.86. The number of rotatable bonds is 4. The fraction of sp³-hybridized carbons (Fsp3) is 0.222. The van der Waals surface area contributed by atoms with Crippen molar-refractivity contribution in [1.29, 1.82) is 0 Å². The molecule has 7 nitrogen and oxygen atoms in total. The molecular weight excluding hydrogens is 242 g/mol. The number of hydrogen-bond donors (Lipinski definition) is 2. The van der Waals surface area contributed by atoms with E-state index in [0.717, 1.165) is 0 Å². The van der Waals surface area contributed by atoms with Crippen LogP contribution in [0.1, 0.15) is 11.5 Å². The van der Waals surface area contributed by atoms with Crippen molar-refractivity contribution >= 4 is 10.0 Å². The topological polar surface area (TPSA) is 101 Å². The van der Waals surface area contributed by atoms with Crippen LogP contribution in [-0.2, 0) is 16.6 Å². The smallest absolute Gasteiger partial charge is 0.257 e. The van der Waals surface area contributed by atoms with Crippen LogP contribution in [0.3, 0.4) is 0 Å². The second-order valence-electron chi connectivity index (χ2n) is 3.34. The Morgan fingerprint density at radius 1 is 1.47 bits per heavy atom. The second-order valence-corrected chi connectivity index (χ2v) is 5.07. The highest BCUT2D eigenvalue weighted by Crippen LogP contribution is 2.03. The molecule has 0 fully saturated rings. The van der Waals surface area contributed by atoms with E-state index in [9.17, 15) is 8.42 Å². The lowest BCUT2D eigenvalue weighted by Gasteiger charge is -2.04. The van der Waals surface area contributed by atoms with Gasteiger partial charge in [-0.1, -0.05) is 0 Å². The largest absolute Gasteiger partial charge is 0.335 e. The molecule has 2 rings (SSSR count). The Morgan fingerprint density at radius 3 is 2.94 bits per heavy atom. The second kappa shape index (κ2) is 4.60. The first-order valence-corrected chi connectivity index (χ1v) is 6.33. The van der Waals surface area contributed by atoms with Gasteiger partial charge in [-0.3, -0.25) is 0 Å². The molecule has 0 amide bonds. The molecule has 0 unspecified atom stereocenters. The van der Waals surface area contributed by atoms with Crippen molar-refractivity contribution in [3.05, 3.63) is 36.3 Å². The van der Waals surface area contributed by atoms with E-state index in [2.05, 4.69) is 24.7 Å². The van der Waals surface area contributed by atoms with Gasteiger partial charge in [-0.15, -0.1) is 0 Å². The van der Waals surface area contributed by atoms with Crippen LogP contribution in [-0.4, -0.2) is 28.4 Å². The van der Waals surface area contributed by atoms with Crippen molar-refractivity contribution in [3.63, 3.8) is 0 Å². The van der Waals surface area contributed by atoms with Gasteiger partial charge in [0.2, 0.25) is 0 Å². The van der Waals surface area contributed by atoms with Crippen molar-refractivity contribution in [3.8, 4) is 0 Å². The molecule has 0 aliphatic heterocycles. The first-order valence-electron chi connectivity index (χ1n) is 4.84. The Bertz CT molecular complexity index is 594. The maximum atomic E-state index is 11.7. The number of nitrogens with zero attached hydrogens (tertiary/aromatic N) is 3. The third-order valence-electron chi connectivity index (χ3n) is 2.04. The van der Waals surface area contributed by atoms with Crippen LogP contribution in [0.25, 0.3) is 0 Å². The lowest BCUT2D eigenvalue weighted by molar-refractivity contribution is 0.577. The normalized spacial score (nSPS) is 11.6. The van der Waals surface area contributed by atoms with Crippen LogP contribution < -0.4 is 4.72 Å². The Kier molecular flexibility index (Phi) is 3.16. The molecule has 0 radical (unpaired) electrons. The van der Waals surface area contributed by atoms with Gasteiger partial charge >= 0.3 is 0 Å². The van der Waals surface area contributed by atoms with Crippen molar-refractivity contribution < 1.29 is 8.42 Å². The molecule has 2 heterocycles. The number of nitrogens with one attached hydrogen (secondary N) is 2. The molecule has 0 atom stereocenters. The van der Waals surface area contributed by atoms with E-state index in [1.165, 1.54) is 12.5 Å². The van der Waals surface area contributed by atoms with Crippen molar-refractivity contribution in [2.24, 2.45) is 0 Å². The molecule has 90 valence electrons. The number of aromatic amines is 1. The van der Waals surface area contributed by atoms with E-state index in [1.54, 1.807) is 19.2 Å². The predicted octanol–water partition coefficient (Wildman–Crippen LogP) is -0.0134. The summed E-state index contributed by atoms with van der Waals surface area (Å²) in [5.41, 5.74) is 0.612. The van der Waals surface area contributed by atoms with Crippen molar-refractivity contribution in [1.82, 2.24) is 24.7 Å². The summed E-state index contributed by atoms with van der Waals surface area (Å²) in [7, 11) is -3.56. The van der Waals surface area contributed by atoms with Crippen LogP contribution in [0.4, 0.5) is 0 Å². The summed E-state index contributed by atoms with van der Waals surface area (Å²) in [4.78, 5) is 14.2. The summed E-state index contributed by atoms with van der Waals surface area (Å²) in [6.07, 6.45) is 4.14. The number of H-pyrrole nitrogens is 1. The van der Waals surface area contributed by atoms with Gasteiger partial charge in [0.15, 0.2) is 5.03 Å². The van der Waals surface area contributed by atoms with Crippen molar-refractivity contribution in [2.75, 3.05) is 0 Å². The maximum absolute atomic E-state index is 11.7. The summed E-state index contributed by atoms with van der Waals surface area (Å²) in [5.74, 6) is 0.600. The summed E-state index contributed by atoms with van der Waals surface area (Å²) < 4.78 is 25.9. The molecular formula is C9H11N5O2S. The van der Waals surface area contributed by atoms with E-state index < -0.39 is 10.0 Å². The SMILES string of the molecule is Cc1nccc(CNS(=O)(=O)c2cnc[nH]2)n1. The fourth-order valence-electron chi connectivity index (χ4n) is 1.24. The zero-order chi connectivity index (χ0) is 12.3. The molecule has 0 aliphatic rings. The van der Waals surface area contributed by atoms with Gasteiger partial charge in [0.1, 0.15) is 5.82 Å². The molecule has 2 N–H and O–H groups in total. The standard InChI is InChI=1S/C9H11N5O2S/c1-7-11-3-2-8(14-7)4-13-17(15,16)9-5-10-6-12-9/h2-3,5-6,13H,4H2,1H3,(H,10,12). The van der Waals surface area contributed by atoms with Crippen molar-refractivity contribution in [2.45, 2.75) is 18.5 Å².